The van der Waals surface area contributed by atoms with Crippen LogP contribution in [0.25, 0.3) is 0 Å². The van der Waals surface area contributed by atoms with Crippen LogP contribution >= 0.6 is 15.9 Å². The van der Waals surface area contributed by atoms with Gasteiger partial charge in [0.1, 0.15) is 5.69 Å². The lowest BCUT2D eigenvalue weighted by atomic mass is 10.2. The summed E-state index contributed by atoms with van der Waals surface area (Å²) in [6.07, 6.45) is 0.595. The molecule has 0 fully saturated rings. The van der Waals surface area contributed by atoms with Crippen molar-refractivity contribution in [2.75, 3.05) is 5.32 Å². The second-order valence-electron chi connectivity index (χ2n) is 3.81. The lowest BCUT2D eigenvalue weighted by Crippen LogP contribution is -2.20. The lowest BCUT2D eigenvalue weighted by Gasteiger charge is -2.09. The van der Waals surface area contributed by atoms with Gasteiger partial charge in [0.2, 0.25) is 5.91 Å². The van der Waals surface area contributed by atoms with Gasteiger partial charge in [-0.05, 0) is 25.5 Å². The number of rotatable bonds is 4. The monoisotopic (exact) mass is 306 g/mol. The first-order valence-corrected chi connectivity index (χ1v) is 5.89. The number of anilines is 1. The summed E-state index contributed by atoms with van der Waals surface area (Å²) in [5.74, 6) is -2.08. The topological polar surface area (TPSA) is 55.1 Å². The van der Waals surface area contributed by atoms with Crippen LogP contribution in [0.2, 0.25) is 0 Å². The first-order chi connectivity index (χ1) is 7.90. The van der Waals surface area contributed by atoms with Gasteiger partial charge in [0.05, 0.1) is 0 Å². The number of nitrogens with two attached hydrogens (primary N) is 1. The number of benzene rings is 1. The summed E-state index contributed by atoms with van der Waals surface area (Å²) in [4.78, 5) is 11.4. The van der Waals surface area contributed by atoms with Crippen molar-refractivity contribution in [1.29, 1.82) is 0 Å². The van der Waals surface area contributed by atoms with E-state index in [0.29, 0.717) is 6.42 Å². The van der Waals surface area contributed by atoms with Crippen LogP contribution in [0.1, 0.15) is 19.8 Å². The molecule has 0 aliphatic heterocycles. The summed E-state index contributed by atoms with van der Waals surface area (Å²) in [5, 5.41) is 2.20. The zero-order valence-electron chi connectivity index (χ0n) is 9.27. The summed E-state index contributed by atoms with van der Waals surface area (Å²) < 4.78 is 27.0. The fourth-order valence-corrected chi connectivity index (χ4v) is 1.62. The van der Waals surface area contributed by atoms with Crippen LogP contribution in [0.15, 0.2) is 16.6 Å². The number of carbonyl (C=O) groups is 1. The molecule has 0 spiro atoms. The maximum absolute atomic E-state index is 13.4. The van der Waals surface area contributed by atoms with Crippen molar-refractivity contribution in [3.63, 3.8) is 0 Å². The van der Waals surface area contributed by atoms with E-state index in [9.17, 15) is 13.6 Å². The number of halogens is 3. The summed E-state index contributed by atoms with van der Waals surface area (Å²) >= 11 is 2.95. The zero-order valence-corrected chi connectivity index (χ0v) is 10.9. The number of hydrogen-bond donors (Lipinski definition) is 2. The summed E-state index contributed by atoms with van der Waals surface area (Å²) in [6.45, 7) is 1.76. The minimum absolute atomic E-state index is 0.125. The third kappa shape index (κ3) is 4.40. The van der Waals surface area contributed by atoms with Crippen LogP contribution in [0.3, 0.4) is 0 Å². The average Bonchev–Trinajstić information content (AvgIpc) is 2.20. The molecule has 17 heavy (non-hydrogen) atoms. The molecule has 1 atom stereocenters. The molecule has 6 heteroatoms. The highest BCUT2D eigenvalue weighted by molar-refractivity contribution is 9.10. The van der Waals surface area contributed by atoms with Gasteiger partial charge in [-0.25, -0.2) is 8.78 Å². The molecule has 1 amide bonds. The molecule has 0 bridgehead atoms. The molecule has 0 aliphatic carbocycles. The molecule has 0 aliphatic rings. The average molecular weight is 307 g/mol. The van der Waals surface area contributed by atoms with Crippen molar-refractivity contribution in [1.82, 2.24) is 0 Å². The van der Waals surface area contributed by atoms with Crippen molar-refractivity contribution in [2.45, 2.75) is 25.8 Å². The molecule has 0 aromatic heterocycles. The maximum atomic E-state index is 13.4. The third-order valence-electron chi connectivity index (χ3n) is 2.10. The Labute approximate surface area is 107 Å². The largest absolute Gasteiger partial charge is 0.328 e. The molecule has 0 saturated heterocycles. The Morgan fingerprint density at radius 3 is 2.47 bits per heavy atom. The van der Waals surface area contributed by atoms with Crippen LogP contribution < -0.4 is 11.1 Å². The van der Waals surface area contributed by atoms with Gasteiger partial charge < -0.3 is 11.1 Å². The third-order valence-corrected chi connectivity index (χ3v) is 2.56. The molecule has 1 aromatic rings. The highest BCUT2D eigenvalue weighted by Crippen LogP contribution is 2.23. The van der Waals surface area contributed by atoms with Crippen molar-refractivity contribution in [3.8, 4) is 0 Å². The van der Waals surface area contributed by atoms with E-state index >= 15 is 0 Å². The Balaban J connectivity index is 2.72. The molecule has 94 valence electrons. The Hall–Kier alpha value is -1.01. The SMILES string of the molecule is CC(N)CCC(=O)Nc1c(F)cc(Br)cc1F. The van der Waals surface area contributed by atoms with Crippen molar-refractivity contribution in [3.05, 3.63) is 28.2 Å². The van der Waals surface area contributed by atoms with E-state index in [-0.39, 0.29) is 16.9 Å². The predicted octanol–water partition coefficient (Wildman–Crippen LogP) is 2.79. The second kappa shape index (κ2) is 6.07. The number of carbonyl (C=O) groups excluding carboxylic acids is 1. The van der Waals surface area contributed by atoms with E-state index in [1.807, 2.05) is 0 Å². The highest BCUT2D eigenvalue weighted by atomic mass is 79.9. The Kier molecular flexibility index (Phi) is 5.02. The summed E-state index contributed by atoms with van der Waals surface area (Å²) in [7, 11) is 0. The Bertz CT molecular complexity index is 401. The molecule has 3 N–H and O–H groups in total. The van der Waals surface area contributed by atoms with E-state index in [1.54, 1.807) is 6.92 Å². The summed E-state index contributed by atoms with van der Waals surface area (Å²) in [6, 6.07) is 2.05. The van der Waals surface area contributed by atoms with Crippen LogP contribution in [0, 0.1) is 11.6 Å². The molecular formula is C11H13BrF2N2O. The van der Waals surface area contributed by atoms with Gasteiger partial charge in [-0.2, -0.15) is 0 Å². The predicted molar refractivity (Wildman–Crippen MR) is 65.6 cm³/mol. The van der Waals surface area contributed by atoms with Crippen LogP contribution in [0.5, 0.6) is 0 Å². The normalized spacial score (nSPS) is 12.3. The molecule has 1 aromatic carbocycles. The number of amides is 1. The zero-order chi connectivity index (χ0) is 13.0. The van der Waals surface area contributed by atoms with Gasteiger partial charge in [0.15, 0.2) is 11.6 Å². The van der Waals surface area contributed by atoms with E-state index in [1.165, 1.54) is 0 Å². The molecule has 3 nitrogen and oxygen atoms in total. The second-order valence-corrected chi connectivity index (χ2v) is 4.72. The van der Waals surface area contributed by atoms with Gasteiger partial charge in [-0.1, -0.05) is 15.9 Å². The van der Waals surface area contributed by atoms with Gasteiger partial charge in [-0.3, -0.25) is 4.79 Å². The van der Waals surface area contributed by atoms with Gasteiger partial charge in [-0.15, -0.1) is 0 Å². The Morgan fingerprint density at radius 1 is 1.47 bits per heavy atom. The smallest absolute Gasteiger partial charge is 0.224 e. The van der Waals surface area contributed by atoms with Crippen LogP contribution in [0.4, 0.5) is 14.5 Å². The van der Waals surface area contributed by atoms with Crippen molar-refractivity contribution in [2.24, 2.45) is 5.73 Å². The van der Waals surface area contributed by atoms with Crippen LogP contribution in [-0.4, -0.2) is 11.9 Å². The van der Waals surface area contributed by atoms with Crippen LogP contribution in [-0.2, 0) is 4.79 Å². The van der Waals surface area contributed by atoms with E-state index < -0.39 is 23.2 Å². The standard InChI is InChI=1S/C11H13BrF2N2O/c1-6(15)2-3-10(17)16-11-8(13)4-7(12)5-9(11)14/h4-6H,2-3,15H2,1H3,(H,16,17). The van der Waals surface area contributed by atoms with E-state index in [0.717, 1.165) is 12.1 Å². The first-order valence-electron chi connectivity index (χ1n) is 5.10. The minimum Gasteiger partial charge on any atom is -0.328 e. The maximum Gasteiger partial charge on any atom is 0.224 e. The van der Waals surface area contributed by atoms with E-state index in [4.69, 9.17) is 5.73 Å². The molecule has 0 heterocycles. The fourth-order valence-electron chi connectivity index (χ4n) is 1.22. The minimum atomic E-state index is -0.814. The van der Waals surface area contributed by atoms with Gasteiger partial charge >= 0.3 is 0 Å². The number of nitrogens with one attached hydrogen (secondary N) is 1. The van der Waals surface area contributed by atoms with Crippen molar-refractivity contribution < 1.29 is 13.6 Å². The molecule has 0 saturated carbocycles. The fraction of sp³-hybridized carbons (Fsp3) is 0.364. The number of hydrogen-bond acceptors (Lipinski definition) is 2. The molecule has 1 unspecified atom stereocenters. The first kappa shape index (κ1) is 14.1. The Morgan fingerprint density at radius 2 is 2.00 bits per heavy atom. The molecule has 1 rings (SSSR count). The summed E-state index contributed by atoms with van der Waals surface area (Å²) in [5.41, 5.74) is 5.05. The van der Waals surface area contributed by atoms with Crippen molar-refractivity contribution >= 4 is 27.5 Å². The molecule has 0 radical (unpaired) electrons. The lowest BCUT2D eigenvalue weighted by molar-refractivity contribution is -0.116. The van der Waals surface area contributed by atoms with E-state index in [2.05, 4.69) is 21.2 Å². The molecular weight excluding hydrogens is 294 g/mol. The van der Waals surface area contributed by atoms with Gasteiger partial charge in [0, 0.05) is 16.9 Å². The highest BCUT2D eigenvalue weighted by Gasteiger charge is 2.13. The quantitative estimate of drug-likeness (QED) is 0.898. The van der Waals surface area contributed by atoms with Gasteiger partial charge in [0.25, 0.3) is 0 Å².